The van der Waals surface area contributed by atoms with Gasteiger partial charge in [0.05, 0.1) is 27.7 Å². The van der Waals surface area contributed by atoms with E-state index in [0.29, 0.717) is 41.3 Å². The fourth-order valence-corrected chi connectivity index (χ4v) is 4.56. The van der Waals surface area contributed by atoms with Crippen LogP contribution in [0.4, 0.5) is 0 Å². The van der Waals surface area contributed by atoms with E-state index in [1.54, 1.807) is 40.1 Å². The molecule has 0 radical (unpaired) electrons. The Morgan fingerprint density at radius 3 is 2.61 bits per heavy atom. The molecule has 4 rings (SSSR count). The largest absolute Gasteiger partial charge is 0.449 e. The molecule has 1 saturated heterocycles. The van der Waals surface area contributed by atoms with Gasteiger partial charge in [0.25, 0.3) is 5.91 Å². The molecule has 3 aromatic heterocycles. The fourth-order valence-electron chi connectivity index (χ4n) is 3.88. The number of carbonyl (C=O) groups excluding carboxylic acids is 2. The zero-order valence-corrected chi connectivity index (χ0v) is 19.2. The Labute approximate surface area is 186 Å². The van der Waals surface area contributed by atoms with Crippen molar-refractivity contribution in [3.8, 4) is 10.6 Å². The smallest absolute Gasteiger partial charge is 0.339 e. The molecule has 0 aliphatic carbocycles. The number of fused-ring (bicyclic) bond motifs is 1. The van der Waals surface area contributed by atoms with Crippen LogP contribution in [0.2, 0.25) is 0 Å². The Morgan fingerprint density at radius 1 is 1.23 bits per heavy atom. The molecule has 0 N–H and O–H groups in total. The van der Waals surface area contributed by atoms with Crippen molar-refractivity contribution in [2.75, 3.05) is 13.1 Å². The van der Waals surface area contributed by atoms with Crippen LogP contribution in [0.3, 0.4) is 0 Å². The highest BCUT2D eigenvalue weighted by Gasteiger charge is 2.28. The summed E-state index contributed by atoms with van der Waals surface area (Å²) in [5.74, 6) is -0.0400. The molecular weight excluding hydrogens is 412 g/mol. The van der Waals surface area contributed by atoms with E-state index in [-0.39, 0.29) is 11.9 Å². The van der Waals surface area contributed by atoms with Gasteiger partial charge in [-0.2, -0.15) is 5.10 Å². The molecule has 1 amide bonds. The molecule has 0 aromatic carbocycles. The Morgan fingerprint density at radius 2 is 1.97 bits per heavy atom. The van der Waals surface area contributed by atoms with Crippen LogP contribution in [0.1, 0.15) is 56.9 Å². The van der Waals surface area contributed by atoms with Crippen molar-refractivity contribution in [2.24, 2.45) is 5.92 Å². The van der Waals surface area contributed by atoms with Crippen molar-refractivity contribution in [3.05, 3.63) is 35.3 Å². The van der Waals surface area contributed by atoms with Crippen LogP contribution in [-0.2, 0) is 9.53 Å². The van der Waals surface area contributed by atoms with Gasteiger partial charge in [0.2, 0.25) is 0 Å². The maximum Gasteiger partial charge on any atom is 0.339 e. The molecule has 0 saturated carbocycles. The highest BCUT2D eigenvalue weighted by atomic mass is 32.1. The fraction of sp³-hybridized carbons (Fsp3) is 0.478. The Hall–Kier alpha value is -2.74. The van der Waals surface area contributed by atoms with Crippen molar-refractivity contribution in [2.45, 2.75) is 52.7 Å². The lowest BCUT2D eigenvalue weighted by atomic mass is 9.99. The van der Waals surface area contributed by atoms with Crippen molar-refractivity contribution in [1.82, 2.24) is 19.7 Å². The molecule has 4 heterocycles. The molecule has 1 fully saturated rings. The van der Waals surface area contributed by atoms with E-state index in [0.717, 1.165) is 17.7 Å². The number of hydrogen-bond donors (Lipinski definition) is 0. The number of thiophene rings is 1. The van der Waals surface area contributed by atoms with Crippen LogP contribution in [0.25, 0.3) is 21.6 Å². The zero-order chi connectivity index (χ0) is 22.1. The number of hydrogen-bond acceptors (Lipinski definition) is 6. The maximum atomic E-state index is 13.2. The molecule has 8 heteroatoms. The molecule has 3 aromatic rings. The van der Waals surface area contributed by atoms with E-state index in [9.17, 15) is 9.59 Å². The maximum absolute atomic E-state index is 13.2. The topological polar surface area (TPSA) is 77.3 Å². The van der Waals surface area contributed by atoms with E-state index in [4.69, 9.17) is 9.72 Å². The summed E-state index contributed by atoms with van der Waals surface area (Å²) < 4.78 is 7.44. The van der Waals surface area contributed by atoms with E-state index < -0.39 is 12.1 Å². The standard InChI is InChI=1S/C23H28N4O3S/c1-14(2)27-21-18(13-24-27)17(12-19(25-21)20-6-5-11-31-20)23(29)30-16(4)22(28)26-9-7-15(3)8-10-26/h5-6,11-16H,7-10H2,1-4H3. The lowest BCUT2D eigenvalue weighted by Crippen LogP contribution is -2.44. The Balaban J connectivity index is 1.63. The molecular formula is C23H28N4O3S. The summed E-state index contributed by atoms with van der Waals surface area (Å²) >= 11 is 1.55. The molecule has 1 aliphatic rings. The summed E-state index contributed by atoms with van der Waals surface area (Å²) in [6.45, 7) is 9.31. The van der Waals surface area contributed by atoms with Crippen LogP contribution in [0.5, 0.6) is 0 Å². The van der Waals surface area contributed by atoms with Crippen LogP contribution in [0.15, 0.2) is 29.8 Å². The van der Waals surface area contributed by atoms with Gasteiger partial charge in [0, 0.05) is 19.1 Å². The molecule has 1 atom stereocenters. The SMILES string of the molecule is CC1CCN(C(=O)C(C)OC(=O)c2cc(-c3cccs3)nc3c2cnn3C(C)C)CC1. The molecule has 7 nitrogen and oxygen atoms in total. The molecule has 0 spiro atoms. The van der Waals surface area contributed by atoms with Crippen LogP contribution < -0.4 is 0 Å². The van der Waals surface area contributed by atoms with Gasteiger partial charge in [-0.3, -0.25) is 4.79 Å². The van der Waals surface area contributed by atoms with Crippen LogP contribution >= 0.6 is 11.3 Å². The van der Waals surface area contributed by atoms with Gasteiger partial charge in [-0.25, -0.2) is 14.5 Å². The first-order valence-corrected chi connectivity index (χ1v) is 11.6. The predicted molar refractivity (Wildman–Crippen MR) is 121 cm³/mol. The Kier molecular flexibility index (Phi) is 6.09. The third-order valence-electron chi connectivity index (χ3n) is 5.78. The number of rotatable bonds is 5. The quantitative estimate of drug-likeness (QED) is 0.544. The summed E-state index contributed by atoms with van der Waals surface area (Å²) in [5.41, 5.74) is 1.71. The second-order valence-electron chi connectivity index (χ2n) is 8.51. The van der Waals surface area contributed by atoms with Gasteiger partial charge in [-0.1, -0.05) is 13.0 Å². The van der Waals surface area contributed by atoms with Gasteiger partial charge in [-0.15, -0.1) is 11.3 Å². The zero-order valence-electron chi connectivity index (χ0n) is 18.4. The van der Waals surface area contributed by atoms with Gasteiger partial charge in [-0.05, 0) is 57.0 Å². The molecule has 1 aliphatic heterocycles. The molecule has 164 valence electrons. The number of ether oxygens (including phenoxy) is 1. The van der Waals surface area contributed by atoms with Crippen molar-refractivity contribution < 1.29 is 14.3 Å². The number of esters is 1. The number of carbonyl (C=O) groups is 2. The third-order valence-corrected chi connectivity index (χ3v) is 6.67. The Bertz CT molecular complexity index is 1080. The highest BCUT2D eigenvalue weighted by molar-refractivity contribution is 7.13. The number of aromatic nitrogens is 3. The summed E-state index contributed by atoms with van der Waals surface area (Å²) in [5, 5.41) is 7.03. The average Bonchev–Trinajstić information content (AvgIpc) is 3.42. The second kappa shape index (κ2) is 8.78. The monoisotopic (exact) mass is 440 g/mol. The van der Waals surface area contributed by atoms with Crippen LogP contribution in [0, 0.1) is 5.92 Å². The van der Waals surface area contributed by atoms with Gasteiger partial charge >= 0.3 is 5.97 Å². The minimum Gasteiger partial charge on any atom is -0.449 e. The van der Waals surface area contributed by atoms with Crippen molar-refractivity contribution in [1.29, 1.82) is 0 Å². The van der Waals surface area contributed by atoms with Crippen molar-refractivity contribution in [3.63, 3.8) is 0 Å². The molecule has 0 bridgehead atoms. The van der Waals surface area contributed by atoms with E-state index in [1.165, 1.54) is 0 Å². The summed E-state index contributed by atoms with van der Waals surface area (Å²) in [4.78, 5) is 33.5. The normalized spacial score (nSPS) is 16.1. The molecule has 1 unspecified atom stereocenters. The van der Waals surface area contributed by atoms with Crippen molar-refractivity contribution >= 4 is 34.2 Å². The number of piperidine rings is 1. The van der Waals surface area contributed by atoms with Crippen LogP contribution in [-0.4, -0.2) is 50.7 Å². The minimum absolute atomic E-state index is 0.0921. The summed E-state index contributed by atoms with van der Waals surface area (Å²) in [6.07, 6.45) is 2.77. The second-order valence-corrected chi connectivity index (χ2v) is 9.46. The lowest BCUT2D eigenvalue weighted by Gasteiger charge is -2.31. The number of pyridine rings is 1. The number of likely N-dealkylation sites (tertiary alicyclic amines) is 1. The van der Waals surface area contributed by atoms with E-state index >= 15 is 0 Å². The highest BCUT2D eigenvalue weighted by Crippen LogP contribution is 2.29. The number of nitrogens with zero attached hydrogens (tertiary/aromatic N) is 4. The van der Waals surface area contributed by atoms with E-state index in [2.05, 4.69) is 12.0 Å². The average molecular weight is 441 g/mol. The lowest BCUT2D eigenvalue weighted by molar-refractivity contribution is -0.141. The van der Waals surface area contributed by atoms with Gasteiger partial charge in [0.15, 0.2) is 11.8 Å². The summed E-state index contributed by atoms with van der Waals surface area (Å²) in [6, 6.07) is 5.74. The van der Waals surface area contributed by atoms with Gasteiger partial charge < -0.3 is 9.64 Å². The molecule has 31 heavy (non-hydrogen) atoms. The predicted octanol–water partition coefficient (Wildman–Crippen LogP) is 4.54. The first kappa shape index (κ1) is 21.5. The third kappa shape index (κ3) is 4.35. The summed E-state index contributed by atoms with van der Waals surface area (Å²) in [7, 11) is 0. The van der Waals surface area contributed by atoms with E-state index in [1.807, 2.05) is 31.4 Å². The van der Waals surface area contributed by atoms with Gasteiger partial charge in [0.1, 0.15) is 0 Å². The first-order valence-electron chi connectivity index (χ1n) is 10.8. The number of amides is 1. The minimum atomic E-state index is -0.838. The first-order chi connectivity index (χ1) is 14.8.